The van der Waals surface area contributed by atoms with Gasteiger partial charge in [0.25, 0.3) is 0 Å². The van der Waals surface area contributed by atoms with Gasteiger partial charge in [-0.3, -0.25) is 4.79 Å². The molecule has 0 fully saturated rings. The van der Waals surface area contributed by atoms with Crippen molar-refractivity contribution in [1.82, 2.24) is 9.55 Å². The van der Waals surface area contributed by atoms with Crippen molar-refractivity contribution >= 4 is 5.78 Å². The second-order valence-corrected chi connectivity index (χ2v) is 2.81. The molecule has 0 aliphatic carbocycles. The van der Waals surface area contributed by atoms with E-state index >= 15 is 0 Å². The summed E-state index contributed by atoms with van der Waals surface area (Å²) < 4.78 is 1.33. The van der Waals surface area contributed by atoms with Crippen molar-refractivity contribution in [2.45, 2.75) is 26.7 Å². The molecule has 1 aromatic rings. The monoisotopic (exact) mass is 184 g/mol. The molecule has 1 rings (SSSR count). The smallest absolute Gasteiger partial charge is 0.195 e. The van der Waals surface area contributed by atoms with Gasteiger partial charge in [-0.25, -0.2) is 4.98 Å². The number of Topliss-reactive ketones (excluding diaryl/α,β-unsaturated/α-hetero) is 1. The number of ketones is 1. The zero-order valence-corrected chi connectivity index (χ0v) is 7.56. The molecule has 0 aliphatic rings. The highest BCUT2D eigenvalue weighted by Crippen LogP contribution is 2.10. The lowest BCUT2D eigenvalue weighted by Crippen LogP contribution is -2.10. The summed E-state index contributed by atoms with van der Waals surface area (Å²) in [6.45, 7) is 2.65. The second kappa shape index (κ2) is 3.68. The van der Waals surface area contributed by atoms with E-state index in [-0.39, 0.29) is 18.2 Å². The molecule has 0 bridgehead atoms. The van der Waals surface area contributed by atoms with Crippen LogP contribution in [0.3, 0.4) is 0 Å². The first-order chi connectivity index (χ1) is 6.06. The molecule has 0 spiro atoms. The molecule has 2 N–H and O–H groups in total. The lowest BCUT2D eigenvalue weighted by molar-refractivity contribution is 0.0937. The van der Waals surface area contributed by atoms with Crippen molar-refractivity contribution in [2.75, 3.05) is 0 Å². The highest BCUT2D eigenvalue weighted by molar-refractivity contribution is 5.90. The van der Waals surface area contributed by atoms with Crippen LogP contribution in [-0.4, -0.2) is 25.5 Å². The minimum Gasteiger partial charge on any atom is -0.390 e. The van der Waals surface area contributed by atoms with E-state index in [1.54, 1.807) is 0 Å². The largest absolute Gasteiger partial charge is 0.390 e. The molecule has 13 heavy (non-hydrogen) atoms. The van der Waals surface area contributed by atoms with Crippen LogP contribution in [0.1, 0.15) is 36.4 Å². The van der Waals surface area contributed by atoms with Gasteiger partial charge in [-0.1, -0.05) is 0 Å². The lowest BCUT2D eigenvalue weighted by Gasteiger charge is -2.07. The van der Waals surface area contributed by atoms with Crippen LogP contribution in [0.15, 0.2) is 6.20 Å². The summed E-state index contributed by atoms with van der Waals surface area (Å²) in [7, 11) is 0. The van der Waals surface area contributed by atoms with E-state index in [1.807, 2.05) is 0 Å². The number of carbonyl (C=O) groups is 1. The van der Waals surface area contributed by atoms with E-state index in [0.29, 0.717) is 5.69 Å². The Morgan fingerprint density at radius 1 is 1.77 bits per heavy atom. The number of imidazole rings is 1. The maximum atomic E-state index is 11.0. The van der Waals surface area contributed by atoms with Crippen molar-refractivity contribution in [2.24, 2.45) is 0 Å². The summed E-state index contributed by atoms with van der Waals surface area (Å²) in [5.74, 6) is -0.0698. The summed E-state index contributed by atoms with van der Waals surface area (Å²) in [5.41, 5.74) is 0.381. The Bertz CT molecular complexity index is 317. The molecule has 1 unspecified atom stereocenters. The van der Waals surface area contributed by atoms with Gasteiger partial charge in [0.15, 0.2) is 11.6 Å². The third-order valence-electron chi connectivity index (χ3n) is 1.66. The van der Waals surface area contributed by atoms with Gasteiger partial charge in [-0.2, -0.15) is 0 Å². The fraction of sp³-hybridized carbons (Fsp3) is 0.500. The number of aromatic nitrogens is 2. The first kappa shape index (κ1) is 9.88. The normalized spacial score (nSPS) is 12.9. The van der Waals surface area contributed by atoms with Crippen LogP contribution in [0.25, 0.3) is 0 Å². The van der Waals surface area contributed by atoms with Crippen molar-refractivity contribution in [1.29, 1.82) is 0 Å². The van der Waals surface area contributed by atoms with Crippen molar-refractivity contribution < 1.29 is 15.0 Å². The highest BCUT2D eigenvalue weighted by atomic mass is 16.3. The SMILES string of the molecule is CC(=O)c1nc(CO)cn1C(C)O. The molecule has 0 radical (unpaired) electrons. The number of nitrogens with zero attached hydrogens (tertiary/aromatic N) is 2. The van der Waals surface area contributed by atoms with Crippen molar-refractivity contribution in [3.05, 3.63) is 17.7 Å². The molecule has 0 saturated carbocycles. The second-order valence-electron chi connectivity index (χ2n) is 2.81. The zero-order valence-electron chi connectivity index (χ0n) is 7.56. The number of hydrogen-bond donors (Lipinski definition) is 2. The zero-order chi connectivity index (χ0) is 10.0. The van der Waals surface area contributed by atoms with Crippen LogP contribution in [0.4, 0.5) is 0 Å². The van der Waals surface area contributed by atoms with E-state index in [1.165, 1.54) is 24.6 Å². The Hall–Kier alpha value is -1.20. The van der Waals surface area contributed by atoms with Gasteiger partial charge in [0.2, 0.25) is 0 Å². The quantitative estimate of drug-likeness (QED) is 0.653. The first-order valence-electron chi connectivity index (χ1n) is 3.94. The molecule has 72 valence electrons. The lowest BCUT2D eigenvalue weighted by atomic mass is 10.4. The van der Waals surface area contributed by atoms with E-state index < -0.39 is 6.23 Å². The molecule has 0 aromatic carbocycles. The summed E-state index contributed by atoms with van der Waals surface area (Å²) in [5, 5.41) is 18.0. The average Bonchev–Trinajstić information content (AvgIpc) is 2.47. The summed E-state index contributed by atoms with van der Waals surface area (Å²) in [4.78, 5) is 14.9. The Balaban J connectivity index is 3.15. The number of carbonyl (C=O) groups excluding carboxylic acids is 1. The third-order valence-corrected chi connectivity index (χ3v) is 1.66. The van der Waals surface area contributed by atoms with Crippen LogP contribution in [-0.2, 0) is 6.61 Å². The molecule has 1 atom stereocenters. The predicted octanol–water partition coefficient (Wildman–Crippen LogP) is 0.0888. The fourth-order valence-corrected chi connectivity index (χ4v) is 1.07. The maximum Gasteiger partial charge on any atom is 0.195 e. The highest BCUT2D eigenvalue weighted by Gasteiger charge is 2.13. The standard InChI is InChI=1S/C8H12N2O3/c1-5(12)8-9-7(4-11)3-10(8)6(2)13/h3,6,11,13H,4H2,1-2H3. The molecular weight excluding hydrogens is 172 g/mol. The molecule has 1 heterocycles. The van der Waals surface area contributed by atoms with Gasteiger partial charge in [0, 0.05) is 13.1 Å². The van der Waals surface area contributed by atoms with Gasteiger partial charge in [0.05, 0.1) is 12.3 Å². The van der Waals surface area contributed by atoms with E-state index in [2.05, 4.69) is 4.98 Å². The Labute approximate surface area is 75.6 Å². The Kier molecular flexibility index (Phi) is 2.79. The molecule has 5 nitrogen and oxygen atoms in total. The topological polar surface area (TPSA) is 75.3 Å². The predicted molar refractivity (Wildman–Crippen MR) is 45.1 cm³/mol. The molecule has 1 aromatic heterocycles. The fourth-order valence-electron chi connectivity index (χ4n) is 1.07. The molecule has 0 saturated heterocycles. The minimum absolute atomic E-state index is 0.166. The van der Waals surface area contributed by atoms with Gasteiger partial charge in [-0.05, 0) is 6.92 Å². The van der Waals surface area contributed by atoms with Crippen LogP contribution in [0.2, 0.25) is 0 Å². The van der Waals surface area contributed by atoms with Crippen molar-refractivity contribution in [3.8, 4) is 0 Å². The molecule has 0 amide bonds. The number of aliphatic hydroxyl groups is 2. The molecule has 0 aliphatic heterocycles. The maximum absolute atomic E-state index is 11.0. The summed E-state index contributed by atoms with van der Waals surface area (Å²) >= 11 is 0. The molecular formula is C8H12N2O3. The Morgan fingerprint density at radius 2 is 2.38 bits per heavy atom. The van der Waals surface area contributed by atoms with Gasteiger partial charge < -0.3 is 14.8 Å². The van der Waals surface area contributed by atoms with Crippen LogP contribution in [0, 0.1) is 0 Å². The number of hydrogen-bond acceptors (Lipinski definition) is 4. The summed E-state index contributed by atoms with van der Waals surface area (Å²) in [6, 6.07) is 0. The van der Waals surface area contributed by atoms with Crippen LogP contribution >= 0.6 is 0 Å². The first-order valence-corrected chi connectivity index (χ1v) is 3.94. The van der Waals surface area contributed by atoms with E-state index in [4.69, 9.17) is 5.11 Å². The van der Waals surface area contributed by atoms with Crippen LogP contribution in [0.5, 0.6) is 0 Å². The number of aliphatic hydroxyl groups excluding tert-OH is 2. The van der Waals surface area contributed by atoms with E-state index in [0.717, 1.165) is 0 Å². The van der Waals surface area contributed by atoms with Crippen molar-refractivity contribution in [3.63, 3.8) is 0 Å². The van der Waals surface area contributed by atoms with Crippen LogP contribution < -0.4 is 0 Å². The number of rotatable bonds is 3. The van der Waals surface area contributed by atoms with E-state index in [9.17, 15) is 9.90 Å². The van der Waals surface area contributed by atoms with Gasteiger partial charge in [0.1, 0.15) is 6.23 Å². The third kappa shape index (κ3) is 1.93. The average molecular weight is 184 g/mol. The minimum atomic E-state index is -0.813. The Morgan fingerprint density at radius 3 is 2.69 bits per heavy atom. The molecule has 5 heteroatoms. The van der Waals surface area contributed by atoms with Gasteiger partial charge in [-0.15, -0.1) is 0 Å². The summed E-state index contributed by atoms with van der Waals surface area (Å²) in [6.07, 6.45) is 0.646. The van der Waals surface area contributed by atoms with Gasteiger partial charge >= 0.3 is 0 Å².